The Labute approximate surface area is 186 Å². The van der Waals surface area contributed by atoms with Gasteiger partial charge in [-0.05, 0) is 49.7 Å². The zero-order chi connectivity index (χ0) is 21.7. The van der Waals surface area contributed by atoms with Crippen LogP contribution < -0.4 is 5.32 Å². The van der Waals surface area contributed by atoms with E-state index in [1.165, 1.54) is 16.9 Å². The van der Waals surface area contributed by atoms with Crippen LogP contribution in [0.5, 0.6) is 0 Å². The maximum Gasteiger partial charge on any atom is 0.169 e. The van der Waals surface area contributed by atoms with Crippen LogP contribution in [0.1, 0.15) is 28.7 Å². The van der Waals surface area contributed by atoms with Crippen molar-refractivity contribution in [3.63, 3.8) is 0 Å². The Kier molecular flexibility index (Phi) is 4.44. The van der Waals surface area contributed by atoms with Gasteiger partial charge >= 0.3 is 0 Å². The van der Waals surface area contributed by atoms with Crippen LogP contribution in [0.4, 0.5) is 0 Å². The molecule has 0 bridgehead atoms. The van der Waals surface area contributed by atoms with Crippen molar-refractivity contribution >= 4 is 44.8 Å². The van der Waals surface area contributed by atoms with Gasteiger partial charge in [0, 0.05) is 23.2 Å². The second-order valence-electron chi connectivity index (χ2n) is 7.74. The lowest BCUT2D eigenvalue weighted by atomic mass is 10.1. The first kappa shape index (κ1) is 19.0. The normalized spacial score (nSPS) is 14.2. The SMILES string of the molecule is CC(=O)c1ccc(-c2cncc3[nH]c(-c4n[nH]c5ccc(C6=CCNCC6)nc45)nc23)s1. The van der Waals surface area contributed by atoms with Crippen LogP contribution in [-0.2, 0) is 0 Å². The van der Waals surface area contributed by atoms with Gasteiger partial charge in [0.25, 0.3) is 0 Å². The van der Waals surface area contributed by atoms with Crippen LogP contribution >= 0.6 is 11.3 Å². The molecule has 158 valence electrons. The van der Waals surface area contributed by atoms with Crippen LogP contribution in [0.15, 0.2) is 42.7 Å². The highest BCUT2D eigenvalue weighted by Crippen LogP contribution is 2.34. The van der Waals surface area contributed by atoms with E-state index in [1.54, 1.807) is 19.3 Å². The number of rotatable bonds is 4. The summed E-state index contributed by atoms with van der Waals surface area (Å²) in [5, 5.41) is 10.9. The predicted octanol–water partition coefficient (Wildman–Crippen LogP) is 4.20. The maximum atomic E-state index is 11.7. The van der Waals surface area contributed by atoms with Crippen molar-refractivity contribution in [2.75, 3.05) is 13.1 Å². The monoisotopic (exact) mass is 441 g/mol. The van der Waals surface area contributed by atoms with Gasteiger partial charge in [0.15, 0.2) is 17.3 Å². The van der Waals surface area contributed by atoms with E-state index in [0.717, 1.165) is 62.6 Å². The van der Waals surface area contributed by atoms with Crippen LogP contribution in [0.3, 0.4) is 0 Å². The second kappa shape index (κ2) is 7.47. The molecule has 5 aromatic rings. The molecule has 0 spiro atoms. The molecule has 5 aromatic heterocycles. The number of carbonyl (C=O) groups excluding carboxylic acids is 1. The largest absolute Gasteiger partial charge is 0.335 e. The summed E-state index contributed by atoms with van der Waals surface area (Å²) >= 11 is 1.45. The third-order valence-electron chi connectivity index (χ3n) is 5.64. The molecule has 0 amide bonds. The lowest BCUT2D eigenvalue weighted by Crippen LogP contribution is -2.20. The van der Waals surface area contributed by atoms with E-state index in [-0.39, 0.29) is 5.78 Å². The number of nitrogens with zero attached hydrogens (tertiary/aromatic N) is 4. The number of ketones is 1. The zero-order valence-corrected chi connectivity index (χ0v) is 18.1. The number of Topliss-reactive ketones (excluding diaryl/α,β-unsaturated/α-hetero) is 1. The van der Waals surface area contributed by atoms with Crippen molar-refractivity contribution < 1.29 is 4.79 Å². The average Bonchev–Trinajstić information content (AvgIpc) is 3.56. The number of hydrogen-bond donors (Lipinski definition) is 3. The molecule has 1 aliphatic rings. The van der Waals surface area contributed by atoms with Crippen molar-refractivity contribution in [1.29, 1.82) is 0 Å². The number of carbonyl (C=O) groups is 1. The zero-order valence-electron chi connectivity index (χ0n) is 17.3. The number of hydrogen-bond acceptors (Lipinski definition) is 7. The molecule has 0 aliphatic carbocycles. The lowest BCUT2D eigenvalue weighted by Gasteiger charge is -2.13. The minimum Gasteiger partial charge on any atom is -0.335 e. The quantitative estimate of drug-likeness (QED) is 0.360. The minimum absolute atomic E-state index is 0.0535. The van der Waals surface area contributed by atoms with Crippen molar-refractivity contribution in [1.82, 2.24) is 35.5 Å². The Morgan fingerprint density at radius 2 is 2.00 bits per heavy atom. The number of aromatic amines is 2. The van der Waals surface area contributed by atoms with E-state index < -0.39 is 0 Å². The van der Waals surface area contributed by atoms with Gasteiger partial charge in [-0.25, -0.2) is 9.97 Å². The second-order valence-corrected chi connectivity index (χ2v) is 8.82. The molecule has 32 heavy (non-hydrogen) atoms. The molecule has 0 unspecified atom stereocenters. The van der Waals surface area contributed by atoms with Crippen molar-refractivity contribution in [3.05, 3.63) is 53.3 Å². The summed E-state index contributed by atoms with van der Waals surface area (Å²) in [7, 11) is 0. The van der Waals surface area contributed by atoms with Crippen LogP contribution in [0.2, 0.25) is 0 Å². The van der Waals surface area contributed by atoms with Gasteiger partial charge in [-0.15, -0.1) is 11.3 Å². The molecule has 1 aliphatic heterocycles. The van der Waals surface area contributed by atoms with Crippen LogP contribution in [-0.4, -0.2) is 49.0 Å². The van der Waals surface area contributed by atoms with E-state index in [4.69, 9.17) is 9.97 Å². The number of nitrogens with one attached hydrogen (secondary N) is 3. The van der Waals surface area contributed by atoms with Gasteiger partial charge in [-0.3, -0.25) is 14.9 Å². The average molecular weight is 442 g/mol. The Morgan fingerprint density at radius 3 is 2.81 bits per heavy atom. The molecule has 0 saturated heterocycles. The fourth-order valence-electron chi connectivity index (χ4n) is 4.00. The Morgan fingerprint density at radius 1 is 1.06 bits per heavy atom. The van der Waals surface area contributed by atoms with Gasteiger partial charge < -0.3 is 10.3 Å². The third-order valence-corrected chi connectivity index (χ3v) is 6.86. The smallest absolute Gasteiger partial charge is 0.169 e. The number of H-pyrrole nitrogens is 2. The highest BCUT2D eigenvalue weighted by atomic mass is 32.1. The van der Waals surface area contributed by atoms with E-state index in [0.29, 0.717) is 11.5 Å². The standard InChI is InChI=1S/C23H19N7OS/c1-12(31)18-4-5-19(32-18)14-10-25-11-17-20(14)28-23(27-17)22-21-16(29-30-22)3-2-15(26-21)13-6-8-24-9-7-13/h2-6,10-11,24H,7-9H2,1H3,(H,27,28)(H,29,30). The Bertz CT molecular complexity index is 1520. The van der Waals surface area contributed by atoms with Gasteiger partial charge in [0.05, 0.1) is 27.8 Å². The van der Waals surface area contributed by atoms with E-state index in [1.807, 2.05) is 24.3 Å². The topological polar surface area (TPSA) is 112 Å². The molecule has 6 heterocycles. The van der Waals surface area contributed by atoms with Gasteiger partial charge in [0.2, 0.25) is 0 Å². The van der Waals surface area contributed by atoms with Crippen molar-refractivity contribution in [2.24, 2.45) is 0 Å². The summed E-state index contributed by atoms with van der Waals surface area (Å²) in [6.45, 7) is 3.39. The highest BCUT2D eigenvalue weighted by molar-refractivity contribution is 7.17. The maximum absolute atomic E-state index is 11.7. The number of fused-ring (bicyclic) bond motifs is 2. The van der Waals surface area contributed by atoms with E-state index in [2.05, 4.69) is 31.6 Å². The van der Waals surface area contributed by atoms with Gasteiger partial charge in [-0.1, -0.05) is 6.08 Å². The molecule has 0 aromatic carbocycles. The fraction of sp³-hybridized carbons (Fsp3) is 0.174. The molecule has 0 radical (unpaired) electrons. The molecular weight excluding hydrogens is 422 g/mol. The third kappa shape index (κ3) is 3.14. The minimum atomic E-state index is 0.0535. The summed E-state index contributed by atoms with van der Waals surface area (Å²) in [4.78, 5) is 30.9. The Hall–Kier alpha value is -3.69. The van der Waals surface area contributed by atoms with E-state index in [9.17, 15) is 4.79 Å². The molecule has 3 N–H and O–H groups in total. The molecule has 0 atom stereocenters. The molecule has 6 rings (SSSR count). The summed E-state index contributed by atoms with van der Waals surface area (Å²) in [5.74, 6) is 0.686. The molecule has 0 saturated carbocycles. The molecule has 9 heteroatoms. The first-order chi connectivity index (χ1) is 15.7. The Balaban J connectivity index is 1.47. The van der Waals surface area contributed by atoms with Crippen LogP contribution in [0, 0.1) is 0 Å². The van der Waals surface area contributed by atoms with Gasteiger partial charge in [-0.2, -0.15) is 5.10 Å². The molecular formula is C23H19N7OS. The van der Waals surface area contributed by atoms with Crippen LogP contribution in [0.25, 0.3) is 49.6 Å². The van der Waals surface area contributed by atoms with Crippen molar-refractivity contribution in [2.45, 2.75) is 13.3 Å². The summed E-state index contributed by atoms with van der Waals surface area (Å²) in [6.07, 6.45) is 6.68. The summed E-state index contributed by atoms with van der Waals surface area (Å²) in [5.41, 5.74) is 7.02. The number of thiophene rings is 1. The summed E-state index contributed by atoms with van der Waals surface area (Å²) in [6, 6.07) is 7.83. The number of pyridine rings is 2. The first-order valence-electron chi connectivity index (χ1n) is 10.4. The molecule has 0 fully saturated rings. The van der Waals surface area contributed by atoms with E-state index >= 15 is 0 Å². The number of imidazole rings is 1. The number of aromatic nitrogens is 6. The van der Waals surface area contributed by atoms with Gasteiger partial charge in [0.1, 0.15) is 11.0 Å². The molecule has 8 nitrogen and oxygen atoms in total. The highest BCUT2D eigenvalue weighted by Gasteiger charge is 2.18. The van der Waals surface area contributed by atoms with Crippen molar-refractivity contribution in [3.8, 4) is 22.0 Å². The predicted molar refractivity (Wildman–Crippen MR) is 126 cm³/mol. The summed E-state index contributed by atoms with van der Waals surface area (Å²) < 4.78 is 0. The fourth-order valence-corrected chi connectivity index (χ4v) is 4.91. The lowest BCUT2D eigenvalue weighted by molar-refractivity contribution is 0.102. The first-order valence-corrected chi connectivity index (χ1v) is 11.2.